The number of aryl methyl sites for hydroxylation is 2. The molecule has 0 saturated carbocycles. The van der Waals surface area contributed by atoms with Crippen molar-refractivity contribution in [3.8, 4) is 11.5 Å². The lowest BCUT2D eigenvalue weighted by Gasteiger charge is -2.17. The quantitative estimate of drug-likeness (QED) is 0.284. The number of ether oxygens (including phenoxy) is 1. The Hall–Kier alpha value is -3.04. The van der Waals surface area contributed by atoms with Crippen LogP contribution in [-0.2, 0) is 26.2 Å². The number of carbonyl (C=O) groups is 1. The molecular weight excluding hydrogens is 432 g/mol. The molecule has 2 aromatic carbocycles. The first-order valence-electron chi connectivity index (χ1n) is 10.2. The number of rotatable bonds is 12. The van der Waals surface area contributed by atoms with Gasteiger partial charge in [0.15, 0.2) is 11.5 Å². The number of hydroxylamine groups is 1. The minimum Gasteiger partial charge on any atom is -0.490 e. The van der Waals surface area contributed by atoms with E-state index in [1.807, 2.05) is 6.92 Å². The molecule has 9 heteroatoms. The summed E-state index contributed by atoms with van der Waals surface area (Å²) < 4.78 is 36.7. The Balaban J connectivity index is 2.21. The van der Waals surface area contributed by atoms with Gasteiger partial charge in [-0.15, -0.1) is 0 Å². The van der Waals surface area contributed by atoms with Crippen molar-refractivity contribution in [2.75, 3.05) is 19.8 Å². The second-order valence-corrected chi connectivity index (χ2v) is 8.78. The molecule has 2 aromatic rings. The standard InChI is InChI=1S/C23H30N2O6S/c1-6-29-23-20(15-22(26)24-12-13-30-25-16(2)3)18(5)10-11-21(23)31-32(27,28)19-9-7-8-17(4)14-19/h7-11,14,25H,2,6,12-13,15H2,1,3-5H3,(H,24,26). The van der Waals surface area contributed by atoms with Gasteiger partial charge in [-0.05, 0) is 57.0 Å². The number of nitrogens with one attached hydrogen (secondary N) is 2. The van der Waals surface area contributed by atoms with E-state index in [9.17, 15) is 13.2 Å². The SMILES string of the molecule is C=C(C)NOCCNC(=O)Cc1c(C)ccc(OS(=O)(=O)c2cccc(C)c2)c1OCC. The van der Waals surface area contributed by atoms with Crippen molar-refractivity contribution in [3.05, 3.63) is 65.4 Å². The third-order valence-corrected chi connectivity index (χ3v) is 5.57. The van der Waals surface area contributed by atoms with Crippen LogP contribution in [0, 0.1) is 13.8 Å². The summed E-state index contributed by atoms with van der Waals surface area (Å²) in [7, 11) is -4.07. The van der Waals surface area contributed by atoms with Gasteiger partial charge >= 0.3 is 10.1 Å². The Bertz CT molecular complexity index is 1070. The lowest BCUT2D eigenvalue weighted by atomic mass is 10.0. The molecule has 0 bridgehead atoms. The van der Waals surface area contributed by atoms with E-state index in [1.54, 1.807) is 39.0 Å². The van der Waals surface area contributed by atoms with Crippen molar-refractivity contribution >= 4 is 16.0 Å². The molecule has 1 amide bonds. The van der Waals surface area contributed by atoms with Crippen LogP contribution in [0.4, 0.5) is 0 Å². The van der Waals surface area contributed by atoms with Crippen molar-refractivity contribution in [3.63, 3.8) is 0 Å². The van der Waals surface area contributed by atoms with Crippen LogP contribution < -0.4 is 19.7 Å². The summed E-state index contributed by atoms with van der Waals surface area (Å²) in [6, 6.07) is 9.68. The number of hydrogen-bond donors (Lipinski definition) is 2. The molecule has 0 aliphatic carbocycles. The van der Waals surface area contributed by atoms with Crippen LogP contribution in [0.2, 0.25) is 0 Å². The maximum atomic E-state index is 12.8. The maximum absolute atomic E-state index is 12.8. The molecule has 2 rings (SSSR count). The first kappa shape index (κ1) is 25.2. The van der Waals surface area contributed by atoms with Crippen molar-refractivity contribution in [1.82, 2.24) is 10.8 Å². The minimum atomic E-state index is -4.07. The van der Waals surface area contributed by atoms with Gasteiger partial charge in [0.05, 0.1) is 19.6 Å². The smallest absolute Gasteiger partial charge is 0.339 e. The normalized spacial score (nSPS) is 11.0. The molecule has 8 nitrogen and oxygen atoms in total. The third-order valence-electron chi connectivity index (χ3n) is 4.33. The first-order valence-corrected chi connectivity index (χ1v) is 11.6. The Morgan fingerprint density at radius 3 is 2.56 bits per heavy atom. The fraction of sp³-hybridized carbons (Fsp3) is 0.348. The maximum Gasteiger partial charge on any atom is 0.339 e. The summed E-state index contributed by atoms with van der Waals surface area (Å²) in [6.45, 7) is 11.6. The lowest BCUT2D eigenvalue weighted by molar-refractivity contribution is -0.120. The zero-order valence-corrected chi connectivity index (χ0v) is 19.7. The van der Waals surface area contributed by atoms with Gasteiger partial charge in [-0.3, -0.25) is 15.1 Å². The predicted molar refractivity (Wildman–Crippen MR) is 122 cm³/mol. The Labute approximate surface area is 189 Å². The molecule has 0 spiro atoms. The fourth-order valence-corrected chi connectivity index (χ4v) is 3.91. The lowest BCUT2D eigenvalue weighted by Crippen LogP contribution is -2.30. The Kier molecular flexibility index (Phi) is 9.10. The number of amides is 1. The molecule has 0 radical (unpaired) electrons. The van der Waals surface area contributed by atoms with Crippen molar-refractivity contribution in [1.29, 1.82) is 0 Å². The van der Waals surface area contributed by atoms with Crippen molar-refractivity contribution in [2.24, 2.45) is 0 Å². The minimum absolute atomic E-state index is 0.00320. The number of benzene rings is 2. The number of allylic oxidation sites excluding steroid dienone is 1. The molecular formula is C23H30N2O6S. The van der Waals surface area contributed by atoms with E-state index in [0.717, 1.165) is 11.1 Å². The summed E-state index contributed by atoms with van der Waals surface area (Å²) in [4.78, 5) is 17.6. The van der Waals surface area contributed by atoms with Gasteiger partial charge in [0.1, 0.15) is 4.90 Å². The van der Waals surface area contributed by atoms with Crippen LogP contribution in [0.15, 0.2) is 53.6 Å². The van der Waals surface area contributed by atoms with Gasteiger partial charge in [0.25, 0.3) is 0 Å². The zero-order chi connectivity index (χ0) is 23.7. The van der Waals surface area contributed by atoms with Crippen LogP contribution >= 0.6 is 0 Å². The molecule has 32 heavy (non-hydrogen) atoms. The summed E-state index contributed by atoms with van der Waals surface area (Å²) in [5.41, 5.74) is 5.40. The van der Waals surface area contributed by atoms with Gasteiger partial charge in [-0.25, -0.2) is 0 Å². The second kappa shape index (κ2) is 11.5. The average molecular weight is 463 g/mol. The molecule has 0 atom stereocenters. The molecule has 0 unspecified atom stereocenters. The highest BCUT2D eigenvalue weighted by atomic mass is 32.2. The van der Waals surface area contributed by atoms with Gasteiger partial charge < -0.3 is 14.2 Å². The highest BCUT2D eigenvalue weighted by molar-refractivity contribution is 7.87. The van der Waals surface area contributed by atoms with E-state index in [1.165, 1.54) is 18.2 Å². The molecule has 0 aromatic heterocycles. The van der Waals surface area contributed by atoms with Crippen LogP contribution in [0.1, 0.15) is 30.5 Å². The van der Waals surface area contributed by atoms with Crippen molar-refractivity contribution in [2.45, 2.75) is 39.0 Å². The summed E-state index contributed by atoms with van der Waals surface area (Å²) in [6.07, 6.45) is -0.00320. The highest BCUT2D eigenvalue weighted by Gasteiger charge is 2.23. The molecule has 0 aliphatic heterocycles. The Morgan fingerprint density at radius 2 is 1.91 bits per heavy atom. The van der Waals surface area contributed by atoms with Gasteiger partial charge in [0, 0.05) is 17.8 Å². The average Bonchev–Trinajstić information content (AvgIpc) is 2.72. The summed E-state index contributed by atoms with van der Waals surface area (Å²) >= 11 is 0. The molecule has 0 fully saturated rings. The summed E-state index contributed by atoms with van der Waals surface area (Å²) in [5.74, 6) is 0.0153. The second-order valence-electron chi connectivity index (χ2n) is 7.23. The highest BCUT2D eigenvalue weighted by Crippen LogP contribution is 2.36. The van der Waals surface area contributed by atoms with Gasteiger partial charge in [0.2, 0.25) is 5.91 Å². The van der Waals surface area contributed by atoms with E-state index in [4.69, 9.17) is 13.8 Å². The summed E-state index contributed by atoms with van der Waals surface area (Å²) in [5, 5.41) is 2.75. The molecule has 2 N–H and O–H groups in total. The van der Waals surface area contributed by atoms with Crippen LogP contribution in [-0.4, -0.2) is 34.1 Å². The van der Waals surface area contributed by atoms with E-state index in [-0.39, 0.29) is 41.9 Å². The van der Waals surface area contributed by atoms with Gasteiger partial charge in [-0.2, -0.15) is 8.42 Å². The molecule has 0 aliphatic rings. The van der Waals surface area contributed by atoms with Crippen molar-refractivity contribution < 1.29 is 27.0 Å². The zero-order valence-electron chi connectivity index (χ0n) is 18.9. The third kappa shape index (κ3) is 7.28. The Morgan fingerprint density at radius 1 is 1.16 bits per heavy atom. The van der Waals surface area contributed by atoms with Crippen LogP contribution in [0.5, 0.6) is 11.5 Å². The van der Waals surface area contributed by atoms with E-state index in [0.29, 0.717) is 17.8 Å². The molecule has 0 heterocycles. The monoisotopic (exact) mass is 462 g/mol. The van der Waals surface area contributed by atoms with E-state index < -0.39 is 10.1 Å². The number of carbonyl (C=O) groups excluding carboxylic acids is 1. The van der Waals surface area contributed by atoms with Crippen LogP contribution in [0.3, 0.4) is 0 Å². The van der Waals surface area contributed by atoms with E-state index >= 15 is 0 Å². The molecule has 0 saturated heterocycles. The predicted octanol–water partition coefficient (Wildman–Crippen LogP) is 3.18. The first-order chi connectivity index (χ1) is 15.1. The topological polar surface area (TPSA) is 103 Å². The van der Waals surface area contributed by atoms with E-state index in [2.05, 4.69) is 17.4 Å². The fourth-order valence-electron chi connectivity index (χ4n) is 2.87. The number of hydrogen-bond acceptors (Lipinski definition) is 7. The van der Waals surface area contributed by atoms with Crippen LogP contribution in [0.25, 0.3) is 0 Å². The molecule has 174 valence electrons. The van der Waals surface area contributed by atoms with Gasteiger partial charge in [-0.1, -0.05) is 24.8 Å². The largest absolute Gasteiger partial charge is 0.490 e.